The zero-order valence-electron chi connectivity index (χ0n) is 21.5. The van der Waals surface area contributed by atoms with Crippen LogP contribution in [0.3, 0.4) is 0 Å². The molecule has 3 aromatic rings. The van der Waals surface area contributed by atoms with Crippen LogP contribution in [-0.4, -0.2) is 95.0 Å². The molecule has 0 bridgehead atoms. The van der Waals surface area contributed by atoms with Crippen molar-refractivity contribution in [2.45, 2.75) is 13.0 Å². The van der Waals surface area contributed by atoms with Crippen molar-refractivity contribution in [3.63, 3.8) is 0 Å². The molecule has 210 valence electrons. The SMILES string of the molecule is CC(=O)NCC1CN(c2cc(F)c(N3CCN(C(=O)CNC(=O)c4cn5cccnc5n4)CC3)c(F)c2)C(=O)O1. The van der Waals surface area contributed by atoms with E-state index in [4.69, 9.17) is 4.74 Å². The molecule has 4 amide bonds. The molecular weight excluding hydrogens is 530 g/mol. The van der Waals surface area contributed by atoms with Gasteiger partial charge in [-0.15, -0.1) is 0 Å². The Labute approximate surface area is 226 Å². The Balaban J connectivity index is 1.15. The summed E-state index contributed by atoms with van der Waals surface area (Å²) in [6.45, 7) is 1.90. The lowest BCUT2D eigenvalue weighted by molar-refractivity contribution is -0.130. The van der Waals surface area contributed by atoms with Gasteiger partial charge in [0.1, 0.15) is 17.5 Å². The largest absolute Gasteiger partial charge is 0.442 e. The van der Waals surface area contributed by atoms with Crippen molar-refractivity contribution in [3.8, 4) is 0 Å². The Bertz CT molecular complexity index is 1420. The molecule has 0 radical (unpaired) electrons. The number of ether oxygens (including phenoxy) is 1. The first kappa shape index (κ1) is 26.8. The molecule has 15 heteroatoms. The summed E-state index contributed by atoms with van der Waals surface area (Å²) < 4.78 is 36.9. The molecule has 2 N–H and O–H groups in total. The van der Waals surface area contributed by atoms with E-state index in [9.17, 15) is 19.2 Å². The van der Waals surface area contributed by atoms with Gasteiger partial charge in [-0.1, -0.05) is 0 Å². The second-order valence-corrected chi connectivity index (χ2v) is 9.32. The third-order valence-electron chi connectivity index (χ3n) is 6.58. The Morgan fingerprint density at radius 1 is 1.10 bits per heavy atom. The van der Waals surface area contributed by atoms with Crippen LogP contribution in [0.4, 0.5) is 25.0 Å². The summed E-state index contributed by atoms with van der Waals surface area (Å²) in [5.74, 6) is -2.51. The van der Waals surface area contributed by atoms with Crippen LogP contribution in [0, 0.1) is 11.6 Å². The molecule has 2 fully saturated rings. The number of fused-ring (bicyclic) bond motifs is 1. The van der Waals surface area contributed by atoms with E-state index in [1.54, 1.807) is 22.9 Å². The van der Waals surface area contributed by atoms with Crippen LogP contribution in [0.5, 0.6) is 0 Å². The van der Waals surface area contributed by atoms with E-state index in [-0.39, 0.29) is 74.7 Å². The molecule has 1 aromatic carbocycles. The second-order valence-electron chi connectivity index (χ2n) is 9.32. The van der Waals surface area contributed by atoms with Crippen molar-refractivity contribution < 1.29 is 32.7 Å². The fourth-order valence-corrected chi connectivity index (χ4v) is 4.58. The lowest BCUT2D eigenvalue weighted by atomic mass is 10.2. The molecule has 4 heterocycles. The van der Waals surface area contributed by atoms with Crippen LogP contribution in [-0.2, 0) is 14.3 Å². The number of carbonyl (C=O) groups is 4. The van der Waals surface area contributed by atoms with Crippen LogP contribution in [0.25, 0.3) is 5.78 Å². The molecule has 0 aliphatic carbocycles. The minimum atomic E-state index is -0.859. The van der Waals surface area contributed by atoms with E-state index in [1.165, 1.54) is 22.9 Å². The minimum absolute atomic E-state index is 0.0000183. The van der Waals surface area contributed by atoms with Gasteiger partial charge in [-0.05, 0) is 6.07 Å². The van der Waals surface area contributed by atoms with Gasteiger partial charge in [0.05, 0.1) is 25.3 Å². The van der Waals surface area contributed by atoms with E-state index < -0.39 is 29.7 Å². The topological polar surface area (TPSA) is 141 Å². The van der Waals surface area contributed by atoms with Gasteiger partial charge in [0, 0.05) is 63.8 Å². The average Bonchev–Trinajstić information content (AvgIpc) is 3.53. The highest BCUT2D eigenvalue weighted by Crippen LogP contribution is 2.31. The number of nitrogens with one attached hydrogen (secondary N) is 2. The van der Waals surface area contributed by atoms with Crippen LogP contribution >= 0.6 is 0 Å². The number of hydrogen-bond acceptors (Lipinski definition) is 8. The molecule has 13 nitrogen and oxygen atoms in total. The number of imidazole rings is 1. The number of amides is 4. The smallest absolute Gasteiger partial charge is 0.414 e. The maximum absolute atomic E-state index is 15.1. The molecular formula is C25H26F2N8O5. The highest BCUT2D eigenvalue weighted by atomic mass is 19.1. The van der Waals surface area contributed by atoms with E-state index in [2.05, 4.69) is 20.6 Å². The standard InChI is InChI=1S/C25H26F2N8O5/c1-15(36)29-11-17-13-35(25(39)40-17)16-9-18(26)22(19(27)10-16)33-7-5-32(6-8-33)21(37)12-30-23(38)20-14-34-4-2-3-28-24(34)31-20/h2-4,9-10,14,17H,5-8,11-13H2,1H3,(H,29,36)(H,30,38). The van der Waals surface area contributed by atoms with Gasteiger partial charge in [0.25, 0.3) is 5.91 Å². The number of carbonyl (C=O) groups excluding carboxylic acids is 4. The first-order chi connectivity index (χ1) is 19.2. The number of nitrogens with zero attached hydrogens (tertiary/aromatic N) is 6. The van der Waals surface area contributed by atoms with Gasteiger partial charge in [-0.2, -0.15) is 0 Å². The number of cyclic esters (lactones) is 1. The van der Waals surface area contributed by atoms with Gasteiger partial charge in [0.2, 0.25) is 17.6 Å². The first-order valence-corrected chi connectivity index (χ1v) is 12.5. The van der Waals surface area contributed by atoms with Crippen molar-refractivity contribution in [1.82, 2.24) is 29.9 Å². The van der Waals surface area contributed by atoms with Crippen LogP contribution in [0.2, 0.25) is 0 Å². The van der Waals surface area contributed by atoms with Crippen LogP contribution in [0.1, 0.15) is 17.4 Å². The number of hydrogen-bond donors (Lipinski definition) is 2. The fraction of sp³-hybridized carbons (Fsp3) is 0.360. The lowest BCUT2D eigenvalue weighted by Crippen LogP contribution is -2.51. The van der Waals surface area contributed by atoms with Gasteiger partial charge >= 0.3 is 6.09 Å². The monoisotopic (exact) mass is 556 g/mol. The summed E-state index contributed by atoms with van der Waals surface area (Å²) in [6.07, 6.45) is 3.34. The molecule has 1 unspecified atom stereocenters. The van der Waals surface area contributed by atoms with Crippen molar-refractivity contribution in [1.29, 1.82) is 0 Å². The molecule has 2 aliphatic heterocycles. The highest BCUT2D eigenvalue weighted by molar-refractivity contribution is 5.95. The second kappa shape index (κ2) is 11.1. The summed E-state index contributed by atoms with van der Waals surface area (Å²) in [5.41, 5.74) is -0.136. The van der Waals surface area contributed by atoms with Gasteiger partial charge in [0.15, 0.2) is 11.6 Å². The molecule has 1 atom stereocenters. The number of aromatic nitrogens is 3. The van der Waals surface area contributed by atoms with Gasteiger partial charge in [-0.3, -0.25) is 23.7 Å². The molecule has 2 saturated heterocycles. The van der Waals surface area contributed by atoms with E-state index >= 15 is 8.78 Å². The number of piperazine rings is 1. The zero-order valence-corrected chi connectivity index (χ0v) is 21.5. The molecule has 0 saturated carbocycles. The predicted octanol–water partition coefficient (Wildman–Crippen LogP) is 0.547. The Hall–Kier alpha value is -4.82. The number of benzene rings is 1. The van der Waals surface area contributed by atoms with Gasteiger partial charge < -0.3 is 25.2 Å². The summed E-state index contributed by atoms with van der Waals surface area (Å²) in [5, 5.41) is 5.08. The van der Waals surface area contributed by atoms with Crippen molar-refractivity contribution in [2.24, 2.45) is 0 Å². The van der Waals surface area contributed by atoms with Crippen molar-refractivity contribution >= 4 is 41.0 Å². The van der Waals surface area contributed by atoms with Gasteiger partial charge in [-0.25, -0.2) is 23.5 Å². The molecule has 0 spiro atoms. The normalized spacial score (nSPS) is 17.2. The minimum Gasteiger partial charge on any atom is -0.442 e. The first-order valence-electron chi connectivity index (χ1n) is 12.5. The Kier molecular flexibility index (Phi) is 7.44. The quantitative estimate of drug-likeness (QED) is 0.430. The summed E-state index contributed by atoms with van der Waals surface area (Å²) >= 11 is 0. The number of anilines is 2. The molecule has 2 aromatic heterocycles. The highest BCUT2D eigenvalue weighted by Gasteiger charge is 2.34. The summed E-state index contributed by atoms with van der Waals surface area (Å²) in [7, 11) is 0. The zero-order chi connectivity index (χ0) is 28.4. The maximum atomic E-state index is 15.1. The van der Waals surface area contributed by atoms with Crippen molar-refractivity contribution in [2.75, 3.05) is 55.6 Å². The van der Waals surface area contributed by atoms with Crippen LogP contribution in [0.15, 0.2) is 36.8 Å². The maximum Gasteiger partial charge on any atom is 0.414 e. The van der Waals surface area contributed by atoms with E-state index in [0.717, 1.165) is 17.0 Å². The molecule has 2 aliphatic rings. The summed E-state index contributed by atoms with van der Waals surface area (Å²) in [6, 6.07) is 3.81. The lowest BCUT2D eigenvalue weighted by Gasteiger charge is -2.36. The third kappa shape index (κ3) is 5.62. The van der Waals surface area contributed by atoms with Crippen LogP contribution < -0.4 is 20.4 Å². The fourth-order valence-electron chi connectivity index (χ4n) is 4.58. The van der Waals surface area contributed by atoms with E-state index in [1.807, 2.05) is 0 Å². The molecule has 40 heavy (non-hydrogen) atoms. The van der Waals surface area contributed by atoms with Crippen molar-refractivity contribution in [3.05, 3.63) is 54.1 Å². The molecule has 5 rings (SSSR count). The number of rotatable bonds is 7. The van der Waals surface area contributed by atoms with E-state index in [0.29, 0.717) is 5.78 Å². The average molecular weight is 557 g/mol. The Morgan fingerprint density at radius 2 is 1.82 bits per heavy atom. The predicted molar refractivity (Wildman–Crippen MR) is 137 cm³/mol. The Morgan fingerprint density at radius 3 is 2.50 bits per heavy atom. The third-order valence-corrected chi connectivity index (χ3v) is 6.58. The summed E-state index contributed by atoms with van der Waals surface area (Å²) in [4.78, 5) is 60.6. The number of halogens is 2.